The van der Waals surface area contributed by atoms with E-state index in [2.05, 4.69) is 16.7 Å². The quantitative estimate of drug-likeness (QED) is 0.795. The predicted octanol–water partition coefficient (Wildman–Crippen LogP) is 2.80. The predicted molar refractivity (Wildman–Crippen MR) is 77.2 cm³/mol. The number of rotatable bonds is 5. The van der Waals surface area contributed by atoms with E-state index in [1.54, 1.807) is 19.1 Å². The Morgan fingerprint density at radius 3 is 2.75 bits per heavy atom. The number of ether oxygens (including phenoxy) is 1. The third-order valence-corrected chi connectivity index (χ3v) is 2.84. The lowest BCUT2D eigenvalue weighted by atomic mass is 10.2. The fourth-order valence-corrected chi connectivity index (χ4v) is 1.81. The number of aromatic nitrogens is 3. The van der Waals surface area contributed by atoms with Crippen LogP contribution in [0.25, 0.3) is 17.6 Å². The maximum Gasteiger partial charge on any atom is 0.313 e. The summed E-state index contributed by atoms with van der Waals surface area (Å²) in [6.45, 7) is 5.75. The zero-order chi connectivity index (χ0) is 14.5. The van der Waals surface area contributed by atoms with Gasteiger partial charge in [0.2, 0.25) is 0 Å². The Morgan fingerprint density at radius 2 is 2.15 bits per heavy atom. The van der Waals surface area contributed by atoms with E-state index >= 15 is 0 Å². The third kappa shape index (κ3) is 3.24. The van der Waals surface area contributed by atoms with Gasteiger partial charge in [-0.05, 0) is 31.2 Å². The average Bonchev–Trinajstić information content (AvgIpc) is 2.82. The summed E-state index contributed by atoms with van der Waals surface area (Å²) in [6.07, 6.45) is 1.56. The fourth-order valence-electron chi connectivity index (χ4n) is 1.68. The first-order valence-corrected chi connectivity index (χ1v) is 6.51. The Labute approximate surface area is 121 Å². The van der Waals surface area contributed by atoms with Crippen LogP contribution in [-0.2, 0) is 16.0 Å². The van der Waals surface area contributed by atoms with Gasteiger partial charge in [0.15, 0.2) is 5.82 Å². The van der Waals surface area contributed by atoms with Crippen LogP contribution in [0, 0.1) is 0 Å². The molecule has 0 radical (unpaired) electrons. The molecule has 0 saturated heterocycles. The van der Waals surface area contributed by atoms with Crippen LogP contribution in [0.2, 0.25) is 5.02 Å². The average molecular weight is 292 g/mol. The summed E-state index contributed by atoms with van der Waals surface area (Å²) in [7, 11) is 0. The maximum absolute atomic E-state index is 11.5. The second-order valence-corrected chi connectivity index (χ2v) is 4.40. The fraction of sp³-hybridized carbons (Fsp3) is 0.214. The lowest BCUT2D eigenvalue weighted by Crippen LogP contribution is -2.11. The molecule has 0 aliphatic heterocycles. The smallest absolute Gasteiger partial charge is 0.313 e. The number of hydrogen-bond donors (Lipinski definition) is 0. The molecule has 0 fully saturated rings. The van der Waals surface area contributed by atoms with Crippen molar-refractivity contribution in [1.82, 2.24) is 14.8 Å². The van der Waals surface area contributed by atoms with Gasteiger partial charge in [-0.2, -0.15) is 0 Å². The first kappa shape index (κ1) is 14.3. The monoisotopic (exact) mass is 291 g/mol. The van der Waals surface area contributed by atoms with Gasteiger partial charge in [0.1, 0.15) is 12.2 Å². The number of nitrogens with zero attached hydrogens (tertiary/aromatic N) is 3. The number of halogens is 1. The Kier molecular flexibility index (Phi) is 4.53. The molecule has 0 bridgehead atoms. The summed E-state index contributed by atoms with van der Waals surface area (Å²) in [6, 6.07) is 7.16. The van der Waals surface area contributed by atoms with Gasteiger partial charge >= 0.3 is 5.97 Å². The highest BCUT2D eigenvalue weighted by molar-refractivity contribution is 6.30. The summed E-state index contributed by atoms with van der Waals surface area (Å²) in [5.41, 5.74) is 0.820. The molecule has 0 aliphatic rings. The molecule has 0 spiro atoms. The van der Waals surface area contributed by atoms with Crippen molar-refractivity contribution >= 4 is 23.8 Å². The van der Waals surface area contributed by atoms with E-state index in [9.17, 15) is 4.79 Å². The Balaban J connectivity index is 2.28. The van der Waals surface area contributed by atoms with Crippen LogP contribution in [0.1, 0.15) is 12.7 Å². The van der Waals surface area contributed by atoms with Crippen LogP contribution in [0.5, 0.6) is 0 Å². The van der Waals surface area contributed by atoms with Gasteiger partial charge in [-0.15, -0.1) is 5.10 Å². The van der Waals surface area contributed by atoms with E-state index in [-0.39, 0.29) is 12.4 Å². The van der Waals surface area contributed by atoms with E-state index in [0.717, 1.165) is 5.56 Å². The van der Waals surface area contributed by atoms with Crippen molar-refractivity contribution in [3.8, 4) is 11.4 Å². The number of benzene rings is 1. The number of carbonyl (C=O) groups excluding carboxylic acids is 1. The first-order chi connectivity index (χ1) is 9.63. The minimum atomic E-state index is -0.342. The van der Waals surface area contributed by atoms with Crippen LogP contribution in [0.4, 0.5) is 0 Å². The standard InChI is InChI=1S/C14H14ClN3O2/c1-3-18-12(9-13(19)20-4-2)16-14(17-18)10-5-7-11(15)8-6-10/h3,5-8H,1,4,9H2,2H3. The third-order valence-electron chi connectivity index (χ3n) is 2.59. The van der Waals surface area contributed by atoms with Crippen molar-refractivity contribution in [3.63, 3.8) is 0 Å². The van der Waals surface area contributed by atoms with Crippen LogP contribution in [-0.4, -0.2) is 27.3 Å². The molecule has 0 saturated carbocycles. The normalized spacial score (nSPS) is 10.3. The van der Waals surface area contributed by atoms with Gasteiger partial charge in [-0.3, -0.25) is 4.79 Å². The van der Waals surface area contributed by atoms with Crippen LogP contribution in [0.15, 0.2) is 30.8 Å². The summed E-state index contributed by atoms with van der Waals surface area (Å²) in [4.78, 5) is 15.9. The molecule has 2 rings (SSSR count). The van der Waals surface area contributed by atoms with E-state index in [4.69, 9.17) is 16.3 Å². The zero-order valence-electron chi connectivity index (χ0n) is 11.0. The van der Waals surface area contributed by atoms with E-state index < -0.39 is 0 Å². The molecule has 0 N–H and O–H groups in total. The minimum Gasteiger partial charge on any atom is -0.466 e. The molecule has 104 valence electrons. The summed E-state index contributed by atoms with van der Waals surface area (Å²) < 4.78 is 6.38. The molecular formula is C14H14ClN3O2. The molecule has 1 heterocycles. The maximum atomic E-state index is 11.5. The molecule has 1 aromatic heterocycles. The highest BCUT2D eigenvalue weighted by atomic mass is 35.5. The molecular weight excluding hydrogens is 278 g/mol. The molecule has 0 atom stereocenters. The Bertz CT molecular complexity index is 620. The number of hydrogen-bond acceptors (Lipinski definition) is 4. The van der Waals surface area contributed by atoms with Gasteiger partial charge in [-0.25, -0.2) is 9.67 Å². The summed E-state index contributed by atoms with van der Waals surface area (Å²) in [5, 5.41) is 4.92. The molecule has 0 aliphatic carbocycles. The van der Waals surface area contributed by atoms with E-state index in [1.165, 1.54) is 10.9 Å². The van der Waals surface area contributed by atoms with E-state index in [0.29, 0.717) is 23.3 Å². The zero-order valence-corrected chi connectivity index (χ0v) is 11.8. The lowest BCUT2D eigenvalue weighted by Gasteiger charge is -2.00. The van der Waals surface area contributed by atoms with Gasteiger partial charge in [0, 0.05) is 16.8 Å². The van der Waals surface area contributed by atoms with Crippen molar-refractivity contribution in [3.05, 3.63) is 41.7 Å². The van der Waals surface area contributed by atoms with Crippen LogP contribution >= 0.6 is 11.6 Å². The van der Waals surface area contributed by atoms with Crippen LogP contribution < -0.4 is 0 Å². The van der Waals surface area contributed by atoms with Gasteiger partial charge in [-0.1, -0.05) is 18.2 Å². The highest BCUT2D eigenvalue weighted by Crippen LogP contribution is 2.19. The number of carbonyl (C=O) groups is 1. The van der Waals surface area contributed by atoms with E-state index in [1.807, 2.05) is 12.1 Å². The largest absolute Gasteiger partial charge is 0.466 e. The van der Waals surface area contributed by atoms with Gasteiger partial charge in [0.25, 0.3) is 0 Å². The van der Waals surface area contributed by atoms with Gasteiger partial charge < -0.3 is 4.74 Å². The Hall–Kier alpha value is -2.14. The molecule has 20 heavy (non-hydrogen) atoms. The second-order valence-electron chi connectivity index (χ2n) is 3.97. The molecule has 6 heteroatoms. The second kappa shape index (κ2) is 6.34. The minimum absolute atomic E-state index is 0.0560. The molecule has 1 aromatic carbocycles. The molecule has 0 unspecified atom stereocenters. The molecule has 0 amide bonds. The highest BCUT2D eigenvalue weighted by Gasteiger charge is 2.14. The van der Waals surface area contributed by atoms with Crippen molar-refractivity contribution in [1.29, 1.82) is 0 Å². The lowest BCUT2D eigenvalue weighted by molar-refractivity contribution is -0.142. The SMILES string of the molecule is C=Cn1nc(-c2ccc(Cl)cc2)nc1CC(=O)OCC. The van der Waals surface area contributed by atoms with Crippen molar-refractivity contribution in [2.45, 2.75) is 13.3 Å². The van der Waals surface area contributed by atoms with Crippen molar-refractivity contribution in [2.75, 3.05) is 6.61 Å². The van der Waals surface area contributed by atoms with Gasteiger partial charge in [0.05, 0.1) is 6.61 Å². The topological polar surface area (TPSA) is 57.0 Å². The Morgan fingerprint density at radius 1 is 1.45 bits per heavy atom. The van der Waals surface area contributed by atoms with Crippen molar-refractivity contribution < 1.29 is 9.53 Å². The van der Waals surface area contributed by atoms with Crippen LogP contribution in [0.3, 0.4) is 0 Å². The summed E-state index contributed by atoms with van der Waals surface area (Å²) in [5.74, 6) is 0.662. The first-order valence-electron chi connectivity index (χ1n) is 6.13. The summed E-state index contributed by atoms with van der Waals surface area (Å²) >= 11 is 5.84. The molecule has 2 aromatic rings. The molecule has 5 nitrogen and oxygen atoms in total. The van der Waals surface area contributed by atoms with Crippen molar-refractivity contribution in [2.24, 2.45) is 0 Å². The number of esters is 1.